The molecule has 0 aliphatic heterocycles. The zero-order valence-electron chi connectivity index (χ0n) is 15.8. The highest BCUT2D eigenvalue weighted by molar-refractivity contribution is 8.93. The molecular weight excluding hydrogens is 604 g/mol. The highest BCUT2D eigenvalue weighted by Gasteiger charge is 1.92. The van der Waals surface area contributed by atoms with E-state index in [-0.39, 0.29) is 75.4 Å². The van der Waals surface area contributed by atoms with Gasteiger partial charge >= 0.3 is 0 Å². The van der Waals surface area contributed by atoms with Crippen LogP contribution in [0.25, 0.3) is 0 Å². The summed E-state index contributed by atoms with van der Waals surface area (Å²) < 4.78 is 0. The van der Waals surface area contributed by atoms with Crippen LogP contribution in [0.15, 0.2) is 30.3 Å². The predicted molar refractivity (Wildman–Crippen MR) is 144 cm³/mol. The maximum atomic E-state index is 3.50. The van der Waals surface area contributed by atoms with Gasteiger partial charge in [0.1, 0.15) is 0 Å². The third kappa shape index (κ3) is 27.0. The molecule has 4 nitrogen and oxygen atoms in total. The van der Waals surface area contributed by atoms with Crippen LogP contribution in [-0.2, 0) is 6.54 Å². The summed E-state index contributed by atoms with van der Waals surface area (Å²) in [5.74, 6) is 0. The summed E-state index contributed by atoms with van der Waals surface area (Å²) in [6.45, 7) is 10.8. The van der Waals surface area contributed by atoms with Crippen molar-refractivity contribution in [2.75, 3.05) is 45.8 Å². The van der Waals surface area contributed by atoms with E-state index in [1.54, 1.807) is 0 Å². The first-order chi connectivity index (χ1) is 10.9. The molecule has 0 saturated carbocycles. The second kappa shape index (κ2) is 31.7. The Morgan fingerprint density at radius 1 is 0.593 bits per heavy atom. The van der Waals surface area contributed by atoms with Gasteiger partial charge in [0.05, 0.1) is 0 Å². The SMILES string of the molecule is Br.Br.Br.Br.C.CCNCCCNCCCNCCCNCc1ccccc1. The Labute approximate surface area is 209 Å². The van der Waals surface area contributed by atoms with Crippen LogP contribution in [0, 0.1) is 0 Å². The molecule has 166 valence electrons. The maximum absolute atomic E-state index is 3.50. The first-order valence-corrected chi connectivity index (χ1v) is 8.80. The van der Waals surface area contributed by atoms with E-state index in [0.29, 0.717) is 0 Å². The van der Waals surface area contributed by atoms with Crippen LogP contribution in [0.3, 0.4) is 0 Å². The van der Waals surface area contributed by atoms with Gasteiger partial charge in [-0.25, -0.2) is 0 Å². The smallest absolute Gasteiger partial charge is 0.0205 e. The summed E-state index contributed by atoms with van der Waals surface area (Å²) in [6, 6.07) is 10.6. The van der Waals surface area contributed by atoms with Crippen molar-refractivity contribution >= 4 is 67.9 Å². The van der Waals surface area contributed by atoms with E-state index in [1.807, 2.05) is 0 Å². The Morgan fingerprint density at radius 2 is 1.00 bits per heavy atom. The lowest BCUT2D eigenvalue weighted by Gasteiger charge is -2.07. The fraction of sp³-hybridized carbons (Fsp3) is 0.684. The first kappa shape index (κ1) is 38.6. The van der Waals surface area contributed by atoms with Crippen LogP contribution in [0.1, 0.15) is 39.2 Å². The van der Waals surface area contributed by atoms with E-state index < -0.39 is 0 Å². The average molecular weight is 646 g/mol. The van der Waals surface area contributed by atoms with Crippen molar-refractivity contribution < 1.29 is 0 Å². The second-order valence-corrected chi connectivity index (χ2v) is 5.58. The Morgan fingerprint density at radius 3 is 1.44 bits per heavy atom. The third-order valence-corrected chi connectivity index (χ3v) is 3.54. The quantitative estimate of drug-likeness (QED) is 0.209. The van der Waals surface area contributed by atoms with Gasteiger partial charge in [0.25, 0.3) is 0 Å². The van der Waals surface area contributed by atoms with E-state index in [9.17, 15) is 0 Å². The zero-order chi connectivity index (χ0) is 15.7. The predicted octanol–water partition coefficient (Wildman–Crippen LogP) is 4.68. The molecule has 0 atom stereocenters. The molecule has 0 aromatic heterocycles. The molecule has 0 fully saturated rings. The molecule has 0 aliphatic rings. The molecule has 0 unspecified atom stereocenters. The van der Waals surface area contributed by atoms with Crippen LogP contribution in [0.4, 0.5) is 0 Å². The highest BCUT2D eigenvalue weighted by atomic mass is 79.9. The monoisotopic (exact) mass is 642 g/mol. The summed E-state index contributed by atoms with van der Waals surface area (Å²) in [4.78, 5) is 0. The minimum Gasteiger partial charge on any atom is -0.317 e. The molecular formula is C19H42Br4N4. The molecule has 27 heavy (non-hydrogen) atoms. The lowest BCUT2D eigenvalue weighted by molar-refractivity contribution is 0.554. The fourth-order valence-corrected chi connectivity index (χ4v) is 2.27. The molecule has 8 heteroatoms. The molecule has 1 rings (SSSR count). The molecule has 0 amide bonds. The zero-order valence-corrected chi connectivity index (χ0v) is 22.7. The summed E-state index contributed by atoms with van der Waals surface area (Å²) in [5.41, 5.74) is 1.36. The Kier molecular flexibility index (Phi) is 45.2. The number of rotatable bonds is 15. The van der Waals surface area contributed by atoms with Gasteiger partial charge in [-0.1, -0.05) is 44.7 Å². The molecule has 1 aromatic carbocycles. The standard InChI is InChI=1S/C18H34N4.CH4.4BrH/c1-2-19-11-6-12-20-13-7-14-21-15-8-16-22-17-18-9-4-3-5-10-18;;;;;/h3-5,9-10,19-22H,2,6-8,11-17H2,1H3;1H4;4*1H. The summed E-state index contributed by atoms with van der Waals surface area (Å²) in [5, 5.41) is 13.8. The Balaban J connectivity index is -0.000000323. The summed E-state index contributed by atoms with van der Waals surface area (Å²) >= 11 is 0. The van der Waals surface area contributed by atoms with E-state index in [0.717, 1.165) is 52.4 Å². The van der Waals surface area contributed by atoms with Gasteiger partial charge in [-0.05, 0) is 70.6 Å². The summed E-state index contributed by atoms with van der Waals surface area (Å²) in [7, 11) is 0. The van der Waals surface area contributed by atoms with Gasteiger partial charge in [0.15, 0.2) is 0 Å². The third-order valence-electron chi connectivity index (χ3n) is 3.54. The van der Waals surface area contributed by atoms with Gasteiger partial charge in [-0.15, -0.1) is 67.9 Å². The van der Waals surface area contributed by atoms with Crippen molar-refractivity contribution in [1.82, 2.24) is 21.3 Å². The Hall–Kier alpha value is 0.980. The number of hydrogen-bond acceptors (Lipinski definition) is 4. The van der Waals surface area contributed by atoms with Gasteiger partial charge in [-0.3, -0.25) is 0 Å². The average Bonchev–Trinajstić information content (AvgIpc) is 2.56. The topological polar surface area (TPSA) is 48.1 Å². The van der Waals surface area contributed by atoms with Crippen LogP contribution in [-0.4, -0.2) is 45.8 Å². The number of halogens is 4. The summed E-state index contributed by atoms with van der Waals surface area (Å²) in [6.07, 6.45) is 3.61. The fourth-order valence-electron chi connectivity index (χ4n) is 2.27. The van der Waals surface area contributed by atoms with E-state index in [4.69, 9.17) is 0 Å². The van der Waals surface area contributed by atoms with Gasteiger partial charge in [0.2, 0.25) is 0 Å². The van der Waals surface area contributed by atoms with Gasteiger partial charge < -0.3 is 21.3 Å². The van der Waals surface area contributed by atoms with Crippen LogP contribution in [0.5, 0.6) is 0 Å². The second-order valence-electron chi connectivity index (χ2n) is 5.58. The first-order valence-electron chi connectivity index (χ1n) is 8.80. The molecule has 0 bridgehead atoms. The molecule has 0 saturated heterocycles. The van der Waals surface area contributed by atoms with Crippen molar-refractivity contribution in [3.63, 3.8) is 0 Å². The molecule has 1 aromatic rings. The van der Waals surface area contributed by atoms with Crippen molar-refractivity contribution in [1.29, 1.82) is 0 Å². The molecule has 0 aliphatic carbocycles. The largest absolute Gasteiger partial charge is 0.317 e. The number of benzene rings is 1. The van der Waals surface area contributed by atoms with E-state index >= 15 is 0 Å². The van der Waals surface area contributed by atoms with E-state index in [1.165, 1.54) is 24.8 Å². The number of nitrogens with one attached hydrogen (secondary N) is 4. The molecule has 0 heterocycles. The lowest BCUT2D eigenvalue weighted by Crippen LogP contribution is -2.26. The van der Waals surface area contributed by atoms with Gasteiger partial charge in [-0.2, -0.15) is 0 Å². The molecule has 0 spiro atoms. The van der Waals surface area contributed by atoms with Crippen molar-refractivity contribution in [3.05, 3.63) is 35.9 Å². The molecule has 0 radical (unpaired) electrons. The van der Waals surface area contributed by atoms with E-state index in [2.05, 4.69) is 58.5 Å². The van der Waals surface area contributed by atoms with Crippen molar-refractivity contribution in [2.24, 2.45) is 0 Å². The van der Waals surface area contributed by atoms with Crippen molar-refractivity contribution in [2.45, 2.75) is 40.2 Å². The molecule has 4 N–H and O–H groups in total. The van der Waals surface area contributed by atoms with Crippen molar-refractivity contribution in [3.8, 4) is 0 Å². The highest BCUT2D eigenvalue weighted by Crippen LogP contribution is 1.96. The normalized spacial score (nSPS) is 8.93. The van der Waals surface area contributed by atoms with Gasteiger partial charge in [0, 0.05) is 6.54 Å². The minimum atomic E-state index is 0. The maximum Gasteiger partial charge on any atom is 0.0205 e. The number of hydrogen-bond donors (Lipinski definition) is 4. The Bertz CT molecular complexity index is 346. The lowest BCUT2D eigenvalue weighted by atomic mass is 10.2. The van der Waals surface area contributed by atoms with Crippen LogP contribution >= 0.6 is 67.9 Å². The minimum absolute atomic E-state index is 0. The van der Waals surface area contributed by atoms with Crippen LogP contribution < -0.4 is 21.3 Å². The van der Waals surface area contributed by atoms with Crippen LogP contribution in [0.2, 0.25) is 0 Å².